The molecular weight excluding hydrogens is 428 g/mol. The number of benzene rings is 1. The first-order valence-electron chi connectivity index (χ1n) is 9.50. The average molecular weight is 455 g/mol. The minimum atomic E-state index is -3.67. The first-order chi connectivity index (χ1) is 13.9. The molecule has 2 aromatic rings. The van der Waals surface area contributed by atoms with Crippen LogP contribution in [0.15, 0.2) is 46.7 Å². The van der Waals surface area contributed by atoms with Gasteiger partial charge in [-0.15, -0.1) is 11.3 Å². The van der Waals surface area contributed by atoms with E-state index < -0.39 is 10.0 Å². The number of rotatable bonds is 8. The molecular formula is C20H26N2O4S3. The van der Waals surface area contributed by atoms with Gasteiger partial charge in [0.15, 0.2) is 0 Å². The maximum atomic E-state index is 13.0. The van der Waals surface area contributed by atoms with Gasteiger partial charge in [0.05, 0.1) is 17.1 Å². The highest BCUT2D eigenvalue weighted by atomic mass is 32.2. The Labute approximate surface area is 180 Å². The third kappa shape index (κ3) is 6.05. The van der Waals surface area contributed by atoms with E-state index in [0.717, 1.165) is 11.5 Å². The van der Waals surface area contributed by atoms with Gasteiger partial charge < -0.3 is 10.1 Å². The third-order valence-corrected chi connectivity index (χ3v) is 8.37. The normalized spacial score (nSPS) is 20.5. The predicted molar refractivity (Wildman–Crippen MR) is 118 cm³/mol. The van der Waals surface area contributed by atoms with Gasteiger partial charge in [0.1, 0.15) is 0 Å². The highest BCUT2D eigenvalue weighted by Crippen LogP contribution is 2.22. The summed E-state index contributed by atoms with van der Waals surface area (Å²) >= 11 is 3.48. The molecule has 1 N–H and O–H groups in total. The number of hydrogen-bond acceptors (Lipinski definition) is 6. The van der Waals surface area contributed by atoms with Crippen LogP contribution in [0.3, 0.4) is 0 Å². The molecule has 29 heavy (non-hydrogen) atoms. The molecule has 0 bridgehead atoms. The van der Waals surface area contributed by atoms with Crippen LogP contribution in [0.25, 0.3) is 0 Å². The molecule has 1 aromatic carbocycles. The Balaban J connectivity index is 1.57. The van der Waals surface area contributed by atoms with E-state index in [-0.39, 0.29) is 23.0 Å². The Kier molecular flexibility index (Phi) is 7.75. The largest absolute Gasteiger partial charge is 0.373 e. The number of thiophene rings is 1. The van der Waals surface area contributed by atoms with Crippen LogP contribution in [-0.2, 0) is 20.5 Å². The van der Waals surface area contributed by atoms with Crippen molar-refractivity contribution in [3.63, 3.8) is 0 Å². The molecule has 3 rings (SSSR count). The highest BCUT2D eigenvalue weighted by molar-refractivity contribution is 7.98. The van der Waals surface area contributed by atoms with Crippen LogP contribution in [0.2, 0.25) is 0 Å². The van der Waals surface area contributed by atoms with Gasteiger partial charge in [0.2, 0.25) is 10.0 Å². The highest BCUT2D eigenvalue weighted by Gasteiger charge is 2.32. The summed E-state index contributed by atoms with van der Waals surface area (Å²) in [5.74, 6) is 1.46. The SMILES string of the molecule is CC1CN(S(=O)(=O)c2cccc(C(=O)NCCSCc3cccs3)c2)CC(C)O1. The average Bonchev–Trinajstić information content (AvgIpc) is 3.20. The first-order valence-corrected chi connectivity index (χ1v) is 13.0. The zero-order chi connectivity index (χ0) is 20.9. The van der Waals surface area contributed by atoms with Gasteiger partial charge in [-0.3, -0.25) is 4.79 Å². The fraction of sp³-hybridized carbons (Fsp3) is 0.450. The molecule has 1 saturated heterocycles. The summed E-state index contributed by atoms with van der Waals surface area (Å²) in [6.45, 7) is 4.87. The number of hydrogen-bond donors (Lipinski definition) is 1. The van der Waals surface area contributed by atoms with Crippen LogP contribution in [0.5, 0.6) is 0 Å². The molecule has 158 valence electrons. The lowest BCUT2D eigenvalue weighted by Crippen LogP contribution is -2.48. The molecule has 1 amide bonds. The lowest BCUT2D eigenvalue weighted by atomic mass is 10.2. The quantitative estimate of drug-likeness (QED) is 0.620. The monoisotopic (exact) mass is 454 g/mol. The Morgan fingerprint density at radius 1 is 1.24 bits per heavy atom. The number of carbonyl (C=O) groups excluding carboxylic acids is 1. The maximum Gasteiger partial charge on any atom is 0.251 e. The lowest BCUT2D eigenvalue weighted by Gasteiger charge is -2.34. The summed E-state index contributed by atoms with van der Waals surface area (Å²) in [7, 11) is -3.67. The molecule has 1 aromatic heterocycles. The predicted octanol–water partition coefficient (Wildman–Crippen LogP) is 3.21. The molecule has 2 atom stereocenters. The zero-order valence-electron chi connectivity index (χ0n) is 16.5. The molecule has 2 heterocycles. The van der Waals surface area contributed by atoms with E-state index in [9.17, 15) is 13.2 Å². The topological polar surface area (TPSA) is 75.7 Å². The van der Waals surface area contributed by atoms with Gasteiger partial charge >= 0.3 is 0 Å². The Morgan fingerprint density at radius 2 is 2.00 bits per heavy atom. The summed E-state index contributed by atoms with van der Waals surface area (Å²) in [5.41, 5.74) is 0.351. The number of carbonyl (C=O) groups is 1. The van der Waals surface area contributed by atoms with Gasteiger partial charge in [0, 0.05) is 41.6 Å². The Hall–Kier alpha value is -1.39. The number of sulfonamides is 1. The second-order valence-electron chi connectivity index (χ2n) is 7.00. The van der Waals surface area contributed by atoms with Crippen molar-refractivity contribution in [2.45, 2.75) is 36.7 Å². The van der Waals surface area contributed by atoms with E-state index in [2.05, 4.69) is 16.8 Å². The van der Waals surface area contributed by atoms with Gasteiger partial charge in [-0.05, 0) is 43.5 Å². The molecule has 0 aliphatic carbocycles. The van der Waals surface area contributed by atoms with Crippen molar-refractivity contribution in [2.75, 3.05) is 25.4 Å². The van der Waals surface area contributed by atoms with Crippen molar-refractivity contribution in [3.8, 4) is 0 Å². The van der Waals surface area contributed by atoms with Crippen LogP contribution in [0.1, 0.15) is 29.1 Å². The van der Waals surface area contributed by atoms with Crippen LogP contribution >= 0.6 is 23.1 Å². The van der Waals surface area contributed by atoms with E-state index in [1.807, 2.05) is 19.9 Å². The first kappa shape index (κ1) is 22.3. The van der Waals surface area contributed by atoms with E-state index in [4.69, 9.17) is 4.74 Å². The van der Waals surface area contributed by atoms with Crippen LogP contribution < -0.4 is 5.32 Å². The van der Waals surface area contributed by atoms with Gasteiger partial charge in [-0.1, -0.05) is 12.1 Å². The van der Waals surface area contributed by atoms with E-state index in [1.165, 1.54) is 21.3 Å². The number of amides is 1. The minimum absolute atomic E-state index is 0.138. The van der Waals surface area contributed by atoms with Gasteiger partial charge in [-0.2, -0.15) is 16.1 Å². The van der Waals surface area contributed by atoms with Crippen molar-refractivity contribution in [1.82, 2.24) is 9.62 Å². The van der Waals surface area contributed by atoms with Crippen molar-refractivity contribution in [3.05, 3.63) is 52.2 Å². The standard InChI is InChI=1S/C20H26N2O4S3/c1-15-12-22(13-16(2)26-15)29(24,25)19-7-3-5-17(11-19)20(23)21-8-10-27-14-18-6-4-9-28-18/h3-7,9,11,15-16H,8,10,12-14H2,1-2H3,(H,21,23). The van der Waals surface area contributed by atoms with Crippen molar-refractivity contribution >= 4 is 39.0 Å². The van der Waals surface area contributed by atoms with Crippen LogP contribution in [0.4, 0.5) is 0 Å². The molecule has 6 nitrogen and oxygen atoms in total. The molecule has 0 radical (unpaired) electrons. The summed E-state index contributed by atoms with van der Waals surface area (Å²) < 4.78 is 33.1. The van der Waals surface area contributed by atoms with Crippen LogP contribution in [0, 0.1) is 0 Å². The van der Waals surface area contributed by atoms with E-state index >= 15 is 0 Å². The molecule has 1 aliphatic rings. The van der Waals surface area contributed by atoms with Crippen molar-refractivity contribution in [2.24, 2.45) is 0 Å². The summed E-state index contributed by atoms with van der Waals surface area (Å²) in [6.07, 6.45) is -0.321. The maximum absolute atomic E-state index is 13.0. The number of nitrogens with one attached hydrogen (secondary N) is 1. The zero-order valence-corrected chi connectivity index (χ0v) is 19.0. The summed E-state index contributed by atoms with van der Waals surface area (Å²) in [4.78, 5) is 13.9. The smallest absolute Gasteiger partial charge is 0.251 e. The number of morpholine rings is 1. The fourth-order valence-corrected chi connectivity index (χ4v) is 6.52. The summed E-state index contributed by atoms with van der Waals surface area (Å²) in [6, 6.07) is 10.4. The molecule has 9 heteroatoms. The fourth-order valence-electron chi connectivity index (χ4n) is 3.18. The van der Waals surface area contributed by atoms with E-state index in [1.54, 1.807) is 35.2 Å². The van der Waals surface area contributed by atoms with E-state index in [0.29, 0.717) is 25.2 Å². The number of thioether (sulfide) groups is 1. The van der Waals surface area contributed by atoms with Crippen molar-refractivity contribution in [1.29, 1.82) is 0 Å². The van der Waals surface area contributed by atoms with Crippen LogP contribution in [-0.4, -0.2) is 56.2 Å². The number of nitrogens with zero attached hydrogens (tertiary/aromatic N) is 1. The molecule has 1 aliphatic heterocycles. The Morgan fingerprint density at radius 3 is 2.69 bits per heavy atom. The Bertz CT molecular complexity index is 906. The second kappa shape index (κ2) is 10.1. The summed E-state index contributed by atoms with van der Waals surface area (Å²) in [5, 5.41) is 4.92. The molecule has 1 fully saturated rings. The van der Waals surface area contributed by atoms with Gasteiger partial charge in [0.25, 0.3) is 5.91 Å². The minimum Gasteiger partial charge on any atom is -0.373 e. The molecule has 0 saturated carbocycles. The second-order valence-corrected chi connectivity index (χ2v) is 11.1. The number of ether oxygens (including phenoxy) is 1. The third-order valence-electron chi connectivity index (χ3n) is 4.48. The van der Waals surface area contributed by atoms with Gasteiger partial charge in [-0.25, -0.2) is 8.42 Å². The molecule has 2 unspecified atom stereocenters. The van der Waals surface area contributed by atoms with Crippen molar-refractivity contribution < 1.29 is 17.9 Å². The molecule has 0 spiro atoms. The lowest BCUT2D eigenvalue weighted by molar-refractivity contribution is -0.0440.